The van der Waals surface area contributed by atoms with Crippen LogP contribution in [0, 0.1) is 0 Å². The van der Waals surface area contributed by atoms with Crippen molar-refractivity contribution in [3.63, 3.8) is 0 Å². The third kappa shape index (κ3) is 5.58. The molecule has 0 N–H and O–H groups in total. The third-order valence-electron chi connectivity index (χ3n) is 4.56. The normalized spacial score (nSPS) is 11.1. The van der Waals surface area contributed by atoms with Gasteiger partial charge in [-0.1, -0.05) is 59.2 Å². The van der Waals surface area contributed by atoms with Crippen LogP contribution in [0.15, 0.2) is 18.2 Å². The number of carbonyl (C=O) groups is 2. The van der Waals surface area contributed by atoms with E-state index in [1.54, 1.807) is 16.7 Å². The van der Waals surface area contributed by atoms with E-state index in [2.05, 4.69) is 46.8 Å². The van der Waals surface area contributed by atoms with E-state index in [4.69, 9.17) is 0 Å². The first kappa shape index (κ1) is 21.2. The number of nitrogens with zero attached hydrogens (tertiary/aromatic N) is 2. The van der Waals surface area contributed by atoms with Gasteiger partial charge in [-0.2, -0.15) is 0 Å². The SMILES string of the molecule is CCCCN(C)C(=O)CN(C(C)=O)c1c(C(C)C)cccc1C(C)C. The van der Waals surface area contributed by atoms with Gasteiger partial charge in [0.1, 0.15) is 6.54 Å². The van der Waals surface area contributed by atoms with Gasteiger partial charge in [-0.15, -0.1) is 0 Å². The molecule has 0 bridgehead atoms. The van der Waals surface area contributed by atoms with Crippen LogP contribution >= 0.6 is 0 Å². The van der Waals surface area contributed by atoms with Crippen LogP contribution in [0.1, 0.15) is 77.3 Å². The van der Waals surface area contributed by atoms with E-state index >= 15 is 0 Å². The molecule has 0 aliphatic rings. The highest BCUT2D eigenvalue weighted by Gasteiger charge is 2.25. The molecule has 1 rings (SSSR count). The van der Waals surface area contributed by atoms with E-state index in [-0.39, 0.29) is 30.2 Å². The fourth-order valence-corrected chi connectivity index (χ4v) is 2.95. The summed E-state index contributed by atoms with van der Waals surface area (Å²) in [6.45, 7) is 13.0. The summed E-state index contributed by atoms with van der Waals surface area (Å²) in [6, 6.07) is 6.17. The zero-order chi connectivity index (χ0) is 19.1. The number of anilines is 1. The molecule has 0 aliphatic heterocycles. The number of hydrogen-bond acceptors (Lipinski definition) is 2. The standard InChI is InChI=1S/C21H34N2O2/c1-8-9-13-22(7)20(25)14-23(17(6)24)21-18(15(2)3)11-10-12-19(21)16(4)5/h10-12,15-16H,8-9,13-14H2,1-7H3. The second kappa shape index (κ2) is 9.59. The Morgan fingerprint density at radius 1 is 1.04 bits per heavy atom. The maximum absolute atomic E-state index is 12.6. The molecule has 0 unspecified atom stereocenters. The minimum atomic E-state index is -0.0905. The van der Waals surface area contributed by atoms with Crippen LogP contribution in [0.5, 0.6) is 0 Å². The average Bonchev–Trinajstić information content (AvgIpc) is 2.55. The molecule has 0 atom stereocenters. The van der Waals surface area contributed by atoms with Crippen molar-refractivity contribution in [1.29, 1.82) is 0 Å². The second-order valence-electron chi connectivity index (χ2n) is 7.37. The minimum absolute atomic E-state index is 0.0167. The molecule has 4 heteroatoms. The van der Waals surface area contributed by atoms with Gasteiger partial charge in [-0.3, -0.25) is 9.59 Å². The molecule has 0 saturated carbocycles. The number of para-hydroxylation sites is 1. The van der Waals surface area contributed by atoms with Crippen molar-refractivity contribution >= 4 is 17.5 Å². The van der Waals surface area contributed by atoms with Crippen molar-refractivity contribution in [2.75, 3.05) is 25.0 Å². The predicted molar refractivity (Wildman–Crippen MR) is 105 cm³/mol. The summed E-state index contributed by atoms with van der Waals surface area (Å²) in [6.07, 6.45) is 2.02. The summed E-state index contributed by atoms with van der Waals surface area (Å²) in [7, 11) is 1.81. The smallest absolute Gasteiger partial charge is 0.242 e. The Balaban J connectivity index is 3.27. The molecule has 0 saturated heterocycles. The van der Waals surface area contributed by atoms with Crippen LogP contribution in [0.4, 0.5) is 5.69 Å². The van der Waals surface area contributed by atoms with Crippen molar-refractivity contribution in [2.45, 2.75) is 66.2 Å². The summed E-state index contributed by atoms with van der Waals surface area (Å²) in [5, 5.41) is 0. The van der Waals surface area contributed by atoms with E-state index < -0.39 is 0 Å². The Labute approximate surface area is 153 Å². The van der Waals surface area contributed by atoms with Gasteiger partial charge < -0.3 is 9.80 Å². The molecule has 4 nitrogen and oxygen atoms in total. The number of amides is 2. The first-order chi connectivity index (χ1) is 11.7. The van der Waals surface area contributed by atoms with Gasteiger partial charge in [-0.25, -0.2) is 0 Å². The molecule has 2 amide bonds. The number of rotatable bonds is 8. The lowest BCUT2D eigenvalue weighted by Crippen LogP contribution is -2.42. The van der Waals surface area contributed by atoms with E-state index in [0.29, 0.717) is 0 Å². The summed E-state index contributed by atoms with van der Waals surface area (Å²) in [4.78, 5) is 28.4. The van der Waals surface area contributed by atoms with Crippen LogP contribution in [0.25, 0.3) is 0 Å². The number of hydrogen-bond donors (Lipinski definition) is 0. The highest BCUT2D eigenvalue weighted by molar-refractivity contribution is 5.99. The number of likely N-dealkylation sites (N-methyl/N-ethyl adjacent to an activating group) is 1. The van der Waals surface area contributed by atoms with Crippen molar-refractivity contribution < 1.29 is 9.59 Å². The van der Waals surface area contributed by atoms with Gasteiger partial charge in [0, 0.05) is 20.5 Å². The largest absolute Gasteiger partial charge is 0.344 e. The molecule has 1 aromatic carbocycles. The van der Waals surface area contributed by atoms with Crippen molar-refractivity contribution in [2.24, 2.45) is 0 Å². The first-order valence-corrected chi connectivity index (χ1v) is 9.35. The molecular weight excluding hydrogens is 312 g/mol. The number of benzene rings is 1. The third-order valence-corrected chi connectivity index (χ3v) is 4.56. The highest BCUT2D eigenvalue weighted by atomic mass is 16.2. The Hall–Kier alpha value is -1.84. The Morgan fingerprint density at radius 2 is 1.56 bits per heavy atom. The topological polar surface area (TPSA) is 40.6 Å². The van der Waals surface area contributed by atoms with Gasteiger partial charge in [0.05, 0.1) is 5.69 Å². The van der Waals surface area contributed by atoms with Gasteiger partial charge in [-0.05, 0) is 29.4 Å². The maximum Gasteiger partial charge on any atom is 0.242 e. The molecule has 25 heavy (non-hydrogen) atoms. The van der Waals surface area contributed by atoms with Gasteiger partial charge in [0.2, 0.25) is 11.8 Å². The first-order valence-electron chi connectivity index (χ1n) is 9.35. The highest BCUT2D eigenvalue weighted by Crippen LogP contribution is 2.35. The fourth-order valence-electron chi connectivity index (χ4n) is 2.95. The van der Waals surface area contributed by atoms with E-state index in [1.807, 2.05) is 13.1 Å². The quantitative estimate of drug-likeness (QED) is 0.693. The zero-order valence-electron chi connectivity index (χ0n) is 16.9. The summed E-state index contributed by atoms with van der Waals surface area (Å²) in [5.41, 5.74) is 3.15. The maximum atomic E-state index is 12.6. The van der Waals surface area contributed by atoms with Crippen LogP contribution in [-0.4, -0.2) is 36.9 Å². The molecule has 0 radical (unpaired) electrons. The number of carbonyl (C=O) groups excluding carboxylic acids is 2. The molecular formula is C21H34N2O2. The van der Waals surface area contributed by atoms with Crippen LogP contribution in [0.2, 0.25) is 0 Å². The molecule has 1 aromatic rings. The summed E-state index contributed by atoms with van der Waals surface area (Å²) >= 11 is 0. The van der Waals surface area contributed by atoms with Crippen molar-refractivity contribution in [3.05, 3.63) is 29.3 Å². The van der Waals surface area contributed by atoms with Crippen molar-refractivity contribution in [3.8, 4) is 0 Å². The average molecular weight is 347 g/mol. The Kier molecular flexibility index (Phi) is 8.14. The lowest BCUT2D eigenvalue weighted by molar-refractivity contribution is -0.130. The molecule has 0 spiro atoms. The zero-order valence-corrected chi connectivity index (χ0v) is 16.9. The monoisotopic (exact) mass is 346 g/mol. The fraction of sp³-hybridized carbons (Fsp3) is 0.619. The van der Waals surface area contributed by atoms with E-state index in [9.17, 15) is 9.59 Å². The van der Waals surface area contributed by atoms with Crippen molar-refractivity contribution in [1.82, 2.24) is 4.90 Å². The Bertz CT molecular complexity index is 567. The molecule has 140 valence electrons. The molecule has 0 aromatic heterocycles. The molecule has 0 aliphatic carbocycles. The molecule has 0 heterocycles. The van der Waals surface area contributed by atoms with Gasteiger partial charge in [0.25, 0.3) is 0 Å². The Morgan fingerprint density at radius 3 is 1.96 bits per heavy atom. The summed E-state index contributed by atoms with van der Waals surface area (Å²) in [5.74, 6) is 0.455. The van der Waals surface area contributed by atoms with E-state index in [0.717, 1.165) is 36.2 Å². The number of unbranched alkanes of at least 4 members (excludes halogenated alkanes) is 1. The summed E-state index contributed by atoms with van der Waals surface area (Å²) < 4.78 is 0. The lowest BCUT2D eigenvalue weighted by atomic mass is 9.91. The minimum Gasteiger partial charge on any atom is -0.344 e. The second-order valence-corrected chi connectivity index (χ2v) is 7.37. The molecule has 0 fully saturated rings. The van der Waals surface area contributed by atoms with Crippen LogP contribution in [0.3, 0.4) is 0 Å². The van der Waals surface area contributed by atoms with Gasteiger partial charge in [0.15, 0.2) is 0 Å². The van der Waals surface area contributed by atoms with E-state index in [1.165, 1.54) is 0 Å². The van der Waals surface area contributed by atoms with Crippen LogP contribution < -0.4 is 4.90 Å². The van der Waals surface area contributed by atoms with Gasteiger partial charge >= 0.3 is 0 Å². The van der Waals surface area contributed by atoms with Crippen LogP contribution in [-0.2, 0) is 9.59 Å². The predicted octanol–water partition coefficient (Wildman–Crippen LogP) is 4.54. The lowest BCUT2D eigenvalue weighted by Gasteiger charge is -2.30.